The number of nitrogens with one attached hydrogen (secondary N) is 2. The number of urea groups is 1. The molecule has 4 N–H and O–H groups in total. The summed E-state index contributed by atoms with van der Waals surface area (Å²) in [5.41, 5.74) is 0.517. The normalized spacial score (nSPS) is 19.0. The summed E-state index contributed by atoms with van der Waals surface area (Å²) in [4.78, 5) is 12.0. The topological polar surface area (TPSA) is 81.6 Å². The van der Waals surface area contributed by atoms with E-state index in [1.165, 1.54) is 25.0 Å². The molecule has 1 fully saturated rings. The number of phenols is 1. The number of phenolic OH excluding ortho intramolecular Hbond substituents is 1. The number of amides is 2. The van der Waals surface area contributed by atoms with Gasteiger partial charge in [0.1, 0.15) is 5.75 Å². The molecule has 2 amide bonds. The Bertz CT molecular complexity index is 479. The lowest BCUT2D eigenvalue weighted by atomic mass is 9.93. The van der Waals surface area contributed by atoms with E-state index in [1.54, 1.807) is 12.1 Å². The Morgan fingerprint density at radius 2 is 1.77 bits per heavy atom. The SMILES string of the molecule is CC1(NC(=O)NC[C@H](O)c2ccc(O)cc2)CCCCCC1. The molecular weight excluding hydrogens is 280 g/mol. The van der Waals surface area contributed by atoms with E-state index < -0.39 is 6.10 Å². The first kappa shape index (κ1) is 16.6. The smallest absolute Gasteiger partial charge is 0.315 e. The number of aliphatic hydroxyl groups is 1. The van der Waals surface area contributed by atoms with Crippen LogP contribution in [0, 0.1) is 0 Å². The summed E-state index contributed by atoms with van der Waals surface area (Å²) < 4.78 is 0. The van der Waals surface area contributed by atoms with E-state index in [0.717, 1.165) is 25.7 Å². The Morgan fingerprint density at radius 3 is 2.36 bits per heavy atom. The molecule has 0 radical (unpaired) electrons. The summed E-state index contributed by atoms with van der Waals surface area (Å²) in [6, 6.07) is 6.09. The maximum Gasteiger partial charge on any atom is 0.315 e. The first-order valence-corrected chi connectivity index (χ1v) is 8.01. The highest BCUT2D eigenvalue weighted by Crippen LogP contribution is 2.26. The molecule has 0 heterocycles. The van der Waals surface area contributed by atoms with Crippen LogP contribution in [-0.2, 0) is 0 Å². The molecule has 5 heteroatoms. The lowest BCUT2D eigenvalue weighted by Gasteiger charge is -2.29. The summed E-state index contributed by atoms with van der Waals surface area (Å²) in [6.45, 7) is 2.24. The standard InChI is InChI=1S/C17H26N2O3/c1-17(10-4-2-3-5-11-17)19-16(22)18-12-15(21)13-6-8-14(20)9-7-13/h6-9,15,20-21H,2-5,10-12H2,1H3,(H2,18,19,22)/t15-/m0/s1. The van der Waals surface area contributed by atoms with E-state index in [2.05, 4.69) is 17.6 Å². The second-order valence-electron chi connectivity index (χ2n) is 6.42. The van der Waals surface area contributed by atoms with Gasteiger partial charge in [-0.3, -0.25) is 0 Å². The van der Waals surface area contributed by atoms with Gasteiger partial charge < -0.3 is 20.8 Å². The molecule has 0 saturated heterocycles. The molecule has 122 valence electrons. The fourth-order valence-corrected chi connectivity index (χ4v) is 2.96. The summed E-state index contributed by atoms with van der Waals surface area (Å²) in [5, 5.41) is 25.1. The molecule has 1 saturated carbocycles. The number of hydrogen-bond acceptors (Lipinski definition) is 3. The van der Waals surface area contributed by atoms with Gasteiger partial charge in [-0.05, 0) is 37.5 Å². The fraction of sp³-hybridized carbons (Fsp3) is 0.588. The van der Waals surface area contributed by atoms with Crippen LogP contribution in [0.15, 0.2) is 24.3 Å². The fourth-order valence-electron chi connectivity index (χ4n) is 2.96. The van der Waals surface area contributed by atoms with Gasteiger partial charge in [0.25, 0.3) is 0 Å². The molecule has 0 bridgehead atoms. The Kier molecular flexibility index (Phi) is 5.66. The van der Waals surface area contributed by atoms with Crippen LogP contribution in [-0.4, -0.2) is 28.3 Å². The van der Waals surface area contributed by atoms with E-state index in [-0.39, 0.29) is 23.9 Å². The first-order valence-electron chi connectivity index (χ1n) is 8.01. The van der Waals surface area contributed by atoms with Crippen molar-refractivity contribution in [1.29, 1.82) is 0 Å². The van der Waals surface area contributed by atoms with Gasteiger partial charge in [0, 0.05) is 12.1 Å². The maximum absolute atomic E-state index is 12.0. The number of carbonyl (C=O) groups excluding carboxylic acids is 1. The Hall–Kier alpha value is -1.75. The molecule has 1 aromatic rings. The molecule has 0 unspecified atom stereocenters. The highest BCUT2D eigenvalue weighted by atomic mass is 16.3. The minimum absolute atomic E-state index is 0.146. The lowest BCUT2D eigenvalue weighted by Crippen LogP contribution is -2.50. The Balaban J connectivity index is 1.80. The third-order valence-corrected chi connectivity index (χ3v) is 4.36. The van der Waals surface area contributed by atoms with Crippen LogP contribution in [0.5, 0.6) is 5.75 Å². The van der Waals surface area contributed by atoms with E-state index >= 15 is 0 Å². The minimum Gasteiger partial charge on any atom is -0.508 e. The van der Waals surface area contributed by atoms with Gasteiger partial charge >= 0.3 is 6.03 Å². The van der Waals surface area contributed by atoms with Gasteiger partial charge in [0.15, 0.2) is 0 Å². The molecule has 0 aliphatic heterocycles. The van der Waals surface area contributed by atoms with Crippen LogP contribution in [0.2, 0.25) is 0 Å². The highest BCUT2D eigenvalue weighted by molar-refractivity contribution is 5.74. The predicted octanol–water partition coefficient (Wildman–Crippen LogP) is 2.84. The van der Waals surface area contributed by atoms with Crippen LogP contribution in [0.3, 0.4) is 0 Å². The molecule has 1 aromatic carbocycles. The minimum atomic E-state index is -0.784. The van der Waals surface area contributed by atoms with E-state index in [4.69, 9.17) is 0 Å². The van der Waals surface area contributed by atoms with Gasteiger partial charge in [-0.1, -0.05) is 37.8 Å². The molecule has 22 heavy (non-hydrogen) atoms. The van der Waals surface area contributed by atoms with Crippen LogP contribution in [0.4, 0.5) is 4.79 Å². The Morgan fingerprint density at radius 1 is 1.18 bits per heavy atom. The van der Waals surface area contributed by atoms with Crippen molar-refractivity contribution in [1.82, 2.24) is 10.6 Å². The number of aliphatic hydroxyl groups excluding tert-OH is 1. The zero-order valence-electron chi connectivity index (χ0n) is 13.1. The molecule has 5 nitrogen and oxygen atoms in total. The van der Waals surface area contributed by atoms with E-state index in [1.807, 2.05) is 0 Å². The van der Waals surface area contributed by atoms with Gasteiger partial charge in [-0.25, -0.2) is 4.79 Å². The van der Waals surface area contributed by atoms with Gasteiger partial charge in [-0.2, -0.15) is 0 Å². The number of aromatic hydroxyl groups is 1. The van der Waals surface area contributed by atoms with Crippen LogP contribution in [0.1, 0.15) is 57.1 Å². The van der Waals surface area contributed by atoms with Crippen molar-refractivity contribution in [3.63, 3.8) is 0 Å². The zero-order chi connectivity index (χ0) is 16.0. The summed E-state index contributed by atoms with van der Waals surface area (Å²) in [7, 11) is 0. The molecule has 1 aliphatic carbocycles. The van der Waals surface area contributed by atoms with Crippen molar-refractivity contribution in [3.05, 3.63) is 29.8 Å². The quantitative estimate of drug-likeness (QED) is 0.646. The first-order chi connectivity index (χ1) is 10.5. The molecule has 0 aromatic heterocycles. The van der Waals surface area contributed by atoms with E-state index in [0.29, 0.717) is 5.56 Å². The summed E-state index contributed by atoms with van der Waals surface area (Å²) in [5.74, 6) is 0.156. The molecule has 1 aliphatic rings. The van der Waals surface area contributed by atoms with Gasteiger partial charge in [0.2, 0.25) is 0 Å². The van der Waals surface area contributed by atoms with Crippen molar-refractivity contribution in [3.8, 4) is 5.75 Å². The van der Waals surface area contributed by atoms with Crippen LogP contribution >= 0.6 is 0 Å². The molecule has 2 rings (SSSR count). The number of carbonyl (C=O) groups is 1. The third-order valence-electron chi connectivity index (χ3n) is 4.36. The highest BCUT2D eigenvalue weighted by Gasteiger charge is 2.27. The van der Waals surface area contributed by atoms with Crippen molar-refractivity contribution in [2.45, 2.75) is 57.1 Å². The monoisotopic (exact) mass is 306 g/mol. The molecular formula is C17H26N2O3. The Labute approximate surface area is 131 Å². The van der Waals surface area contributed by atoms with Gasteiger partial charge in [-0.15, -0.1) is 0 Å². The van der Waals surface area contributed by atoms with Crippen molar-refractivity contribution in [2.24, 2.45) is 0 Å². The largest absolute Gasteiger partial charge is 0.508 e. The summed E-state index contributed by atoms with van der Waals surface area (Å²) >= 11 is 0. The molecule has 0 spiro atoms. The van der Waals surface area contributed by atoms with Crippen molar-refractivity contribution < 1.29 is 15.0 Å². The number of benzene rings is 1. The number of hydrogen-bond donors (Lipinski definition) is 4. The summed E-state index contributed by atoms with van der Waals surface area (Å²) in [6.07, 6.45) is 5.98. The lowest BCUT2D eigenvalue weighted by molar-refractivity contribution is 0.170. The van der Waals surface area contributed by atoms with Crippen molar-refractivity contribution >= 4 is 6.03 Å². The second kappa shape index (κ2) is 7.49. The average Bonchev–Trinajstić information content (AvgIpc) is 2.70. The maximum atomic E-state index is 12.0. The van der Waals surface area contributed by atoms with Crippen LogP contribution < -0.4 is 10.6 Å². The van der Waals surface area contributed by atoms with Crippen LogP contribution in [0.25, 0.3) is 0 Å². The third kappa shape index (κ3) is 4.91. The van der Waals surface area contributed by atoms with Gasteiger partial charge in [0.05, 0.1) is 6.10 Å². The zero-order valence-corrected chi connectivity index (χ0v) is 13.1. The molecule has 1 atom stereocenters. The van der Waals surface area contributed by atoms with Crippen molar-refractivity contribution in [2.75, 3.05) is 6.54 Å². The van der Waals surface area contributed by atoms with E-state index in [9.17, 15) is 15.0 Å². The number of rotatable bonds is 4. The predicted molar refractivity (Wildman–Crippen MR) is 85.7 cm³/mol. The second-order valence-corrected chi connectivity index (χ2v) is 6.42. The average molecular weight is 306 g/mol.